The topological polar surface area (TPSA) is 56.6 Å². The number of rotatable bonds is 4. The van der Waals surface area contributed by atoms with Crippen molar-refractivity contribution >= 4 is 5.91 Å². The molecule has 5 heteroatoms. The van der Waals surface area contributed by atoms with Crippen molar-refractivity contribution in [2.75, 3.05) is 39.3 Å². The number of hydrogen-bond donors (Lipinski definition) is 0. The molecule has 1 amide bonds. The second kappa shape index (κ2) is 6.46. The molecule has 90 valence electrons. The lowest BCUT2D eigenvalue weighted by atomic mass is 10.3. The van der Waals surface area contributed by atoms with E-state index < -0.39 is 0 Å². The molecule has 0 aromatic rings. The van der Waals surface area contributed by atoms with Gasteiger partial charge in [-0.25, -0.2) is 0 Å². The fourth-order valence-corrected chi connectivity index (χ4v) is 1.58. The zero-order chi connectivity index (χ0) is 12.0. The van der Waals surface area contributed by atoms with E-state index in [1.165, 1.54) is 0 Å². The Hall–Kier alpha value is -1.12. The van der Waals surface area contributed by atoms with Crippen LogP contribution in [0.15, 0.2) is 0 Å². The first-order chi connectivity index (χ1) is 7.63. The first-order valence-corrected chi connectivity index (χ1v) is 5.62. The summed E-state index contributed by atoms with van der Waals surface area (Å²) in [5, 5.41) is 8.55. The van der Waals surface area contributed by atoms with Crippen LogP contribution < -0.4 is 0 Å². The molecular weight excluding hydrogens is 206 g/mol. The van der Waals surface area contributed by atoms with E-state index in [0.717, 1.165) is 13.1 Å². The van der Waals surface area contributed by atoms with Crippen molar-refractivity contribution in [2.24, 2.45) is 0 Å². The molecule has 1 aliphatic rings. The van der Waals surface area contributed by atoms with Crippen LogP contribution in [0.2, 0.25) is 0 Å². The third kappa shape index (κ3) is 4.17. The Bertz CT molecular complexity index is 265. The molecule has 0 saturated carbocycles. The zero-order valence-electron chi connectivity index (χ0n) is 9.98. The first-order valence-electron chi connectivity index (χ1n) is 5.62. The normalized spacial score (nSPS) is 17.5. The Morgan fingerprint density at radius 3 is 2.50 bits per heavy atom. The molecule has 0 spiro atoms. The van der Waals surface area contributed by atoms with Gasteiger partial charge in [0, 0.05) is 26.2 Å². The second-order valence-corrected chi connectivity index (χ2v) is 4.17. The van der Waals surface area contributed by atoms with Gasteiger partial charge >= 0.3 is 0 Å². The maximum absolute atomic E-state index is 11.7. The summed E-state index contributed by atoms with van der Waals surface area (Å²) in [4.78, 5) is 15.5. The number of ether oxygens (including phenoxy) is 1. The molecule has 1 fully saturated rings. The molecule has 0 unspecified atom stereocenters. The van der Waals surface area contributed by atoms with E-state index in [1.807, 2.05) is 18.7 Å². The van der Waals surface area contributed by atoms with Crippen LogP contribution in [0, 0.1) is 11.3 Å². The van der Waals surface area contributed by atoms with Gasteiger partial charge in [-0.05, 0) is 13.8 Å². The summed E-state index contributed by atoms with van der Waals surface area (Å²) in [5.74, 6) is 0.0466. The van der Waals surface area contributed by atoms with Crippen LogP contribution in [0.5, 0.6) is 0 Å². The van der Waals surface area contributed by atoms with Crippen molar-refractivity contribution in [2.45, 2.75) is 20.0 Å². The van der Waals surface area contributed by atoms with Crippen LogP contribution in [0.3, 0.4) is 0 Å². The molecule has 0 aliphatic carbocycles. The summed E-state index contributed by atoms with van der Waals surface area (Å²) in [6.45, 7) is 7.39. The SMILES string of the molecule is CC(C)OCC(=O)N1CCN(CC#N)CC1. The largest absolute Gasteiger partial charge is 0.369 e. The van der Waals surface area contributed by atoms with Gasteiger partial charge in [0.1, 0.15) is 6.61 Å². The minimum atomic E-state index is 0.0466. The quantitative estimate of drug-likeness (QED) is 0.636. The Balaban J connectivity index is 2.25. The fraction of sp³-hybridized carbons (Fsp3) is 0.818. The van der Waals surface area contributed by atoms with Gasteiger partial charge in [0.2, 0.25) is 5.91 Å². The average molecular weight is 225 g/mol. The Labute approximate surface area is 96.6 Å². The number of carbonyl (C=O) groups is 1. The van der Waals surface area contributed by atoms with Gasteiger partial charge in [-0.3, -0.25) is 9.69 Å². The Kier molecular flexibility index (Phi) is 5.23. The monoisotopic (exact) mass is 225 g/mol. The highest BCUT2D eigenvalue weighted by atomic mass is 16.5. The van der Waals surface area contributed by atoms with Crippen molar-refractivity contribution in [3.05, 3.63) is 0 Å². The molecule has 0 bridgehead atoms. The average Bonchev–Trinajstić information content (AvgIpc) is 2.27. The lowest BCUT2D eigenvalue weighted by Crippen LogP contribution is -2.49. The van der Waals surface area contributed by atoms with E-state index in [1.54, 1.807) is 4.90 Å². The third-order valence-electron chi connectivity index (χ3n) is 2.56. The Morgan fingerprint density at radius 1 is 1.38 bits per heavy atom. The Morgan fingerprint density at radius 2 is 2.00 bits per heavy atom. The van der Waals surface area contributed by atoms with Crippen molar-refractivity contribution in [3.63, 3.8) is 0 Å². The highest BCUT2D eigenvalue weighted by Crippen LogP contribution is 2.02. The van der Waals surface area contributed by atoms with Crippen LogP contribution in [0.25, 0.3) is 0 Å². The highest BCUT2D eigenvalue weighted by Gasteiger charge is 2.20. The minimum absolute atomic E-state index is 0.0466. The number of nitriles is 1. The lowest BCUT2D eigenvalue weighted by molar-refractivity contribution is -0.139. The van der Waals surface area contributed by atoms with E-state index in [9.17, 15) is 4.79 Å². The minimum Gasteiger partial charge on any atom is -0.369 e. The standard InChI is InChI=1S/C11H19N3O2/c1-10(2)16-9-11(15)14-7-5-13(4-3-12)6-8-14/h10H,4-9H2,1-2H3. The van der Waals surface area contributed by atoms with E-state index in [0.29, 0.717) is 19.6 Å². The van der Waals surface area contributed by atoms with Crippen LogP contribution in [0.4, 0.5) is 0 Å². The number of nitrogens with zero attached hydrogens (tertiary/aromatic N) is 3. The van der Waals surface area contributed by atoms with E-state index in [2.05, 4.69) is 6.07 Å². The maximum atomic E-state index is 11.7. The number of hydrogen-bond acceptors (Lipinski definition) is 4. The van der Waals surface area contributed by atoms with Gasteiger partial charge in [-0.2, -0.15) is 5.26 Å². The molecule has 1 aliphatic heterocycles. The summed E-state index contributed by atoms with van der Waals surface area (Å²) in [7, 11) is 0. The van der Waals surface area contributed by atoms with Crippen LogP contribution in [-0.4, -0.2) is 61.1 Å². The van der Waals surface area contributed by atoms with Crippen LogP contribution >= 0.6 is 0 Å². The molecule has 0 radical (unpaired) electrons. The van der Waals surface area contributed by atoms with Crippen molar-refractivity contribution in [3.8, 4) is 6.07 Å². The third-order valence-corrected chi connectivity index (χ3v) is 2.56. The number of carbonyl (C=O) groups excluding carboxylic acids is 1. The lowest BCUT2D eigenvalue weighted by Gasteiger charge is -2.33. The van der Waals surface area contributed by atoms with Crippen molar-refractivity contribution in [1.29, 1.82) is 5.26 Å². The smallest absolute Gasteiger partial charge is 0.248 e. The van der Waals surface area contributed by atoms with Crippen molar-refractivity contribution in [1.82, 2.24) is 9.80 Å². The molecule has 1 saturated heterocycles. The molecule has 16 heavy (non-hydrogen) atoms. The maximum Gasteiger partial charge on any atom is 0.248 e. The zero-order valence-corrected chi connectivity index (χ0v) is 9.98. The van der Waals surface area contributed by atoms with Gasteiger partial charge in [-0.15, -0.1) is 0 Å². The van der Waals surface area contributed by atoms with Gasteiger partial charge < -0.3 is 9.64 Å². The molecule has 1 rings (SSSR count). The van der Waals surface area contributed by atoms with Gasteiger partial charge in [-0.1, -0.05) is 0 Å². The van der Waals surface area contributed by atoms with Gasteiger partial charge in [0.25, 0.3) is 0 Å². The molecular formula is C11H19N3O2. The number of amides is 1. The second-order valence-electron chi connectivity index (χ2n) is 4.17. The summed E-state index contributed by atoms with van der Waals surface area (Å²) < 4.78 is 5.27. The van der Waals surface area contributed by atoms with Crippen LogP contribution in [-0.2, 0) is 9.53 Å². The van der Waals surface area contributed by atoms with E-state index in [-0.39, 0.29) is 18.6 Å². The predicted octanol–water partition coefficient (Wildman–Crippen LogP) is 0.0792. The number of piperazine rings is 1. The van der Waals surface area contributed by atoms with E-state index >= 15 is 0 Å². The summed E-state index contributed by atoms with van der Waals surface area (Å²) in [6.07, 6.45) is 0.0869. The first kappa shape index (κ1) is 12.9. The molecule has 0 atom stereocenters. The molecule has 1 heterocycles. The fourth-order valence-electron chi connectivity index (χ4n) is 1.58. The van der Waals surface area contributed by atoms with Crippen LogP contribution in [0.1, 0.15) is 13.8 Å². The molecule has 0 aromatic carbocycles. The summed E-state index contributed by atoms with van der Waals surface area (Å²) >= 11 is 0. The summed E-state index contributed by atoms with van der Waals surface area (Å²) in [5.41, 5.74) is 0. The molecule has 0 aromatic heterocycles. The van der Waals surface area contributed by atoms with Gasteiger partial charge in [0.05, 0.1) is 18.7 Å². The van der Waals surface area contributed by atoms with Crippen molar-refractivity contribution < 1.29 is 9.53 Å². The predicted molar refractivity (Wildman–Crippen MR) is 59.7 cm³/mol. The molecule has 0 N–H and O–H groups in total. The molecule has 5 nitrogen and oxygen atoms in total. The highest BCUT2D eigenvalue weighted by molar-refractivity contribution is 5.77. The van der Waals surface area contributed by atoms with E-state index in [4.69, 9.17) is 10.00 Å². The summed E-state index contributed by atoms with van der Waals surface area (Å²) in [6, 6.07) is 2.12. The van der Waals surface area contributed by atoms with Gasteiger partial charge in [0.15, 0.2) is 0 Å².